The first-order chi connectivity index (χ1) is 9.80. The highest BCUT2D eigenvalue weighted by Gasteiger charge is 2.31. The van der Waals surface area contributed by atoms with E-state index in [-0.39, 0.29) is 0 Å². The lowest BCUT2D eigenvalue weighted by molar-refractivity contribution is 0.121. The Labute approximate surface area is 120 Å². The minimum absolute atomic E-state index is 0.626. The largest absolute Gasteiger partial charge is 0.495 e. The van der Waals surface area contributed by atoms with Gasteiger partial charge >= 0.3 is 0 Å². The summed E-state index contributed by atoms with van der Waals surface area (Å²) in [5.74, 6) is 0.662. The standard InChI is InChI=1S/C16H21N3O/c1-20-16-5-2-13(10-14(16)11-17)12-18-6-8-19(9-7-18)15-3-4-15/h2,5,10,15H,3-4,6-9,12H2,1H3. The molecule has 1 aliphatic heterocycles. The number of hydrogen-bond donors (Lipinski definition) is 0. The number of piperazine rings is 1. The quantitative estimate of drug-likeness (QED) is 0.838. The summed E-state index contributed by atoms with van der Waals surface area (Å²) in [6.07, 6.45) is 2.79. The number of hydrogen-bond acceptors (Lipinski definition) is 4. The molecule has 20 heavy (non-hydrogen) atoms. The van der Waals surface area contributed by atoms with E-state index < -0.39 is 0 Å². The third-order valence-corrected chi connectivity index (χ3v) is 4.26. The number of methoxy groups -OCH3 is 1. The molecule has 0 unspecified atom stereocenters. The first-order valence-electron chi connectivity index (χ1n) is 7.33. The van der Waals surface area contributed by atoms with Crippen molar-refractivity contribution in [1.82, 2.24) is 9.80 Å². The maximum atomic E-state index is 9.13. The number of benzene rings is 1. The molecule has 2 aliphatic rings. The lowest BCUT2D eigenvalue weighted by Crippen LogP contribution is -2.46. The molecule has 0 bridgehead atoms. The summed E-state index contributed by atoms with van der Waals surface area (Å²) in [6.45, 7) is 5.56. The van der Waals surface area contributed by atoms with Crippen LogP contribution in [-0.4, -0.2) is 49.1 Å². The van der Waals surface area contributed by atoms with Crippen molar-refractivity contribution in [3.05, 3.63) is 29.3 Å². The predicted octanol–water partition coefficient (Wildman–Crippen LogP) is 1.85. The van der Waals surface area contributed by atoms with Crippen LogP contribution in [0, 0.1) is 11.3 Å². The van der Waals surface area contributed by atoms with E-state index in [1.807, 2.05) is 12.1 Å². The average molecular weight is 271 g/mol. The van der Waals surface area contributed by atoms with Gasteiger partial charge in [-0.1, -0.05) is 6.07 Å². The minimum atomic E-state index is 0.626. The van der Waals surface area contributed by atoms with Gasteiger partial charge in [0.1, 0.15) is 11.8 Å². The van der Waals surface area contributed by atoms with Gasteiger partial charge in [-0.2, -0.15) is 5.26 Å². The molecule has 4 nitrogen and oxygen atoms in total. The lowest BCUT2D eigenvalue weighted by Gasteiger charge is -2.34. The Morgan fingerprint density at radius 2 is 2.00 bits per heavy atom. The Morgan fingerprint density at radius 3 is 2.60 bits per heavy atom. The fraction of sp³-hybridized carbons (Fsp3) is 0.562. The summed E-state index contributed by atoms with van der Waals surface area (Å²) in [5.41, 5.74) is 1.82. The summed E-state index contributed by atoms with van der Waals surface area (Å²) in [4.78, 5) is 5.09. The average Bonchev–Trinajstić information content (AvgIpc) is 3.32. The van der Waals surface area contributed by atoms with Crippen LogP contribution in [-0.2, 0) is 6.54 Å². The molecule has 4 heteroatoms. The Kier molecular flexibility index (Phi) is 3.90. The molecule has 2 fully saturated rings. The van der Waals surface area contributed by atoms with Crippen molar-refractivity contribution in [1.29, 1.82) is 5.26 Å². The third-order valence-electron chi connectivity index (χ3n) is 4.26. The van der Waals surface area contributed by atoms with Gasteiger partial charge in [0.15, 0.2) is 0 Å². The van der Waals surface area contributed by atoms with Crippen molar-refractivity contribution in [3.8, 4) is 11.8 Å². The van der Waals surface area contributed by atoms with Crippen LogP contribution in [0.25, 0.3) is 0 Å². The predicted molar refractivity (Wildman–Crippen MR) is 77.6 cm³/mol. The molecule has 0 atom stereocenters. The topological polar surface area (TPSA) is 39.5 Å². The summed E-state index contributed by atoms with van der Waals surface area (Å²) >= 11 is 0. The molecule has 0 radical (unpaired) electrons. The highest BCUT2D eigenvalue weighted by atomic mass is 16.5. The van der Waals surface area contributed by atoms with Crippen LogP contribution in [0.4, 0.5) is 0 Å². The molecular formula is C16H21N3O. The Morgan fingerprint density at radius 1 is 1.25 bits per heavy atom. The molecule has 0 spiro atoms. The molecule has 1 saturated heterocycles. The van der Waals surface area contributed by atoms with E-state index in [2.05, 4.69) is 21.9 Å². The van der Waals surface area contributed by atoms with E-state index in [1.54, 1.807) is 7.11 Å². The molecule has 3 rings (SSSR count). The Balaban J connectivity index is 1.59. The second kappa shape index (κ2) is 5.82. The van der Waals surface area contributed by atoms with Gasteiger partial charge in [0.05, 0.1) is 12.7 Å². The van der Waals surface area contributed by atoms with Gasteiger partial charge in [-0.05, 0) is 30.5 Å². The van der Waals surface area contributed by atoms with Crippen LogP contribution in [0.5, 0.6) is 5.75 Å². The minimum Gasteiger partial charge on any atom is -0.495 e. The smallest absolute Gasteiger partial charge is 0.136 e. The van der Waals surface area contributed by atoms with E-state index in [9.17, 15) is 0 Å². The molecule has 0 aromatic heterocycles. The lowest BCUT2D eigenvalue weighted by atomic mass is 10.1. The summed E-state index contributed by atoms with van der Waals surface area (Å²) in [5, 5.41) is 9.13. The van der Waals surface area contributed by atoms with Crippen LogP contribution in [0.1, 0.15) is 24.0 Å². The molecule has 1 saturated carbocycles. The Hall–Kier alpha value is -1.57. The Bertz CT molecular complexity index is 511. The second-order valence-corrected chi connectivity index (χ2v) is 5.69. The van der Waals surface area contributed by atoms with Crippen LogP contribution in [0.3, 0.4) is 0 Å². The van der Waals surface area contributed by atoms with Crippen LogP contribution in [0.2, 0.25) is 0 Å². The van der Waals surface area contributed by atoms with Crippen molar-refractivity contribution < 1.29 is 4.74 Å². The number of ether oxygens (including phenoxy) is 1. The van der Waals surface area contributed by atoms with E-state index in [0.29, 0.717) is 11.3 Å². The second-order valence-electron chi connectivity index (χ2n) is 5.69. The molecule has 1 aliphatic carbocycles. The van der Waals surface area contributed by atoms with E-state index >= 15 is 0 Å². The highest BCUT2D eigenvalue weighted by Crippen LogP contribution is 2.27. The maximum absolute atomic E-state index is 9.13. The zero-order valence-electron chi connectivity index (χ0n) is 12.0. The third kappa shape index (κ3) is 2.95. The monoisotopic (exact) mass is 271 g/mol. The molecule has 0 amide bonds. The van der Waals surface area contributed by atoms with Gasteiger partial charge in [0.25, 0.3) is 0 Å². The van der Waals surface area contributed by atoms with Crippen molar-refractivity contribution in [2.45, 2.75) is 25.4 Å². The van der Waals surface area contributed by atoms with E-state index in [1.165, 1.54) is 31.5 Å². The summed E-state index contributed by atoms with van der Waals surface area (Å²) in [7, 11) is 1.60. The van der Waals surface area contributed by atoms with Gasteiger partial charge in [-0.25, -0.2) is 0 Å². The molecule has 1 aromatic rings. The zero-order valence-corrected chi connectivity index (χ0v) is 12.0. The number of nitrogens with zero attached hydrogens (tertiary/aromatic N) is 3. The van der Waals surface area contributed by atoms with E-state index in [0.717, 1.165) is 25.7 Å². The fourth-order valence-electron chi connectivity index (χ4n) is 2.93. The van der Waals surface area contributed by atoms with Crippen molar-refractivity contribution in [3.63, 3.8) is 0 Å². The van der Waals surface area contributed by atoms with Gasteiger partial charge < -0.3 is 4.74 Å². The summed E-state index contributed by atoms with van der Waals surface area (Å²) in [6, 6.07) is 8.99. The zero-order chi connectivity index (χ0) is 13.9. The normalized spacial score (nSPS) is 20.6. The highest BCUT2D eigenvalue weighted by molar-refractivity contribution is 5.45. The van der Waals surface area contributed by atoms with Crippen molar-refractivity contribution in [2.75, 3.05) is 33.3 Å². The first kappa shape index (κ1) is 13.4. The van der Waals surface area contributed by atoms with Gasteiger partial charge in [0.2, 0.25) is 0 Å². The van der Waals surface area contributed by atoms with Gasteiger partial charge in [-0.15, -0.1) is 0 Å². The van der Waals surface area contributed by atoms with Crippen molar-refractivity contribution in [2.24, 2.45) is 0 Å². The molecular weight excluding hydrogens is 250 g/mol. The first-order valence-corrected chi connectivity index (χ1v) is 7.33. The van der Waals surface area contributed by atoms with Crippen LogP contribution >= 0.6 is 0 Å². The number of rotatable bonds is 4. The molecule has 1 heterocycles. The van der Waals surface area contributed by atoms with Crippen LogP contribution in [0.15, 0.2) is 18.2 Å². The van der Waals surface area contributed by atoms with E-state index in [4.69, 9.17) is 10.00 Å². The molecule has 0 N–H and O–H groups in total. The van der Waals surface area contributed by atoms with Gasteiger partial charge in [-0.3, -0.25) is 9.80 Å². The molecule has 106 valence electrons. The van der Waals surface area contributed by atoms with Crippen LogP contribution < -0.4 is 4.74 Å². The van der Waals surface area contributed by atoms with Gasteiger partial charge in [0, 0.05) is 38.8 Å². The fourth-order valence-corrected chi connectivity index (χ4v) is 2.93. The molecule has 1 aromatic carbocycles. The van der Waals surface area contributed by atoms with Crippen molar-refractivity contribution >= 4 is 0 Å². The maximum Gasteiger partial charge on any atom is 0.136 e. The number of nitriles is 1. The summed E-state index contributed by atoms with van der Waals surface area (Å²) < 4.78 is 5.19. The SMILES string of the molecule is COc1ccc(CN2CCN(C3CC3)CC2)cc1C#N.